The molecular formula is C14H22FN. The minimum absolute atomic E-state index is 0.164. The van der Waals surface area contributed by atoms with Crippen molar-refractivity contribution < 1.29 is 4.39 Å². The van der Waals surface area contributed by atoms with Gasteiger partial charge in [0.25, 0.3) is 0 Å². The maximum atomic E-state index is 13.1. The predicted molar refractivity (Wildman–Crippen MR) is 66.9 cm³/mol. The zero-order chi connectivity index (χ0) is 12.1. The maximum Gasteiger partial charge on any atom is 0.123 e. The van der Waals surface area contributed by atoms with Crippen LogP contribution in [0.2, 0.25) is 0 Å². The Bertz CT molecular complexity index is 324. The van der Waals surface area contributed by atoms with Crippen LogP contribution in [-0.2, 0) is 0 Å². The lowest BCUT2D eigenvalue weighted by atomic mass is 9.99. The van der Waals surface area contributed by atoms with Gasteiger partial charge in [0.15, 0.2) is 0 Å². The number of hydrogen-bond acceptors (Lipinski definition) is 1. The first-order valence-electron chi connectivity index (χ1n) is 6.06. The van der Waals surface area contributed by atoms with Crippen LogP contribution in [0.4, 0.5) is 4.39 Å². The Balaban J connectivity index is 2.61. The standard InChI is InChI=1S/C14H22FN/c1-5-10(2)11(3)16-12(4)13-7-6-8-14(15)9-13/h6-12,16H,5H2,1-4H3/t10?,11?,12-/m1/s1. The van der Waals surface area contributed by atoms with Crippen molar-refractivity contribution in [2.45, 2.75) is 46.2 Å². The molecule has 0 spiro atoms. The molecule has 0 radical (unpaired) electrons. The molecule has 0 amide bonds. The fourth-order valence-corrected chi connectivity index (χ4v) is 1.78. The molecule has 16 heavy (non-hydrogen) atoms. The van der Waals surface area contributed by atoms with E-state index in [0.717, 1.165) is 12.0 Å². The van der Waals surface area contributed by atoms with Crippen molar-refractivity contribution in [2.24, 2.45) is 5.92 Å². The first-order chi connectivity index (χ1) is 7.54. The van der Waals surface area contributed by atoms with Gasteiger partial charge in [0.2, 0.25) is 0 Å². The van der Waals surface area contributed by atoms with Gasteiger partial charge in [-0.05, 0) is 37.5 Å². The van der Waals surface area contributed by atoms with Crippen molar-refractivity contribution >= 4 is 0 Å². The van der Waals surface area contributed by atoms with E-state index in [1.807, 2.05) is 6.07 Å². The Labute approximate surface area is 98.1 Å². The van der Waals surface area contributed by atoms with Crippen LogP contribution in [0, 0.1) is 11.7 Å². The van der Waals surface area contributed by atoms with Crippen LogP contribution in [0.3, 0.4) is 0 Å². The lowest BCUT2D eigenvalue weighted by Crippen LogP contribution is -2.33. The first kappa shape index (κ1) is 13.2. The number of hydrogen-bond donors (Lipinski definition) is 1. The molecule has 1 aromatic rings. The zero-order valence-corrected chi connectivity index (χ0v) is 10.6. The lowest BCUT2D eigenvalue weighted by molar-refractivity contribution is 0.360. The highest BCUT2D eigenvalue weighted by atomic mass is 19.1. The van der Waals surface area contributed by atoms with Gasteiger partial charge < -0.3 is 5.32 Å². The molecule has 90 valence electrons. The van der Waals surface area contributed by atoms with Gasteiger partial charge in [-0.1, -0.05) is 32.4 Å². The van der Waals surface area contributed by atoms with Gasteiger partial charge in [-0.2, -0.15) is 0 Å². The normalized spacial score (nSPS) is 16.8. The average Bonchev–Trinajstić information content (AvgIpc) is 2.27. The molecule has 3 atom stereocenters. The molecule has 2 unspecified atom stereocenters. The summed E-state index contributed by atoms with van der Waals surface area (Å²) < 4.78 is 13.1. The van der Waals surface area contributed by atoms with E-state index >= 15 is 0 Å². The third kappa shape index (κ3) is 3.60. The Kier molecular flexibility index (Phi) is 4.94. The second-order valence-electron chi connectivity index (χ2n) is 4.62. The Morgan fingerprint density at radius 3 is 2.50 bits per heavy atom. The molecule has 0 heterocycles. The van der Waals surface area contributed by atoms with Crippen molar-refractivity contribution in [2.75, 3.05) is 0 Å². The van der Waals surface area contributed by atoms with E-state index in [2.05, 4.69) is 33.0 Å². The summed E-state index contributed by atoms with van der Waals surface area (Å²) in [6, 6.07) is 7.44. The summed E-state index contributed by atoms with van der Waals surface area (Å²) >= 11 is 0. The van der Waals surface area contributed by atoms with Gasteiger partial charge >= 0.3 is 0 Å². The second kappa shape index (κ2) is 6.00. The fourth-order valence-electron chi connectivity index (χ4n) is 1.78. The van der Waals surface area contributed by atoms with Gasteiger partial charge in [-0.25, -0.2) is 4.39 Å². The van der Waals surface area contributed by atoms with E-state index in [1.54, 1.807) is 12.1 Å². The molecule has 0 aromatic heterocycles. The Hall–Kier alpha value is -0.890. The van der Waals surface area contributed by atoms with E-state index in [-0.39, 0.29) is 11.9 Å². The van der Waals surface area contributed by atoms with Crippen molar-refractivity contribution in [3.8, 4) is 0 Å². The highest BCUT2D eigenvalue weighted by Gasteiger charge is 2.14. The van der Waals surface area contributed by atoms with Gasteiger partial charge in [-0.15, -0.1) is 0 Å². The summed E-state index contributed by atoms with van der Waals surface area (Å²) in [6.45, 7) is 8.68. The largest absolute Gasteiger partial charge is 0.307 e. The Morgan fingerprint density at radius 1 is 1.25 bits per heavy atom. The van der Waals surface area contributed by atoms with E-state index in [0.29, 0.717) is 12.0 Å². The number of nitrogens with one attached hydrogen (secondary N) is 1. The molecule has 0 aliphatic carbocycles. The molecule has 0 aliphatic heterocycles. The van der Waals surface area contributed by atoms with E-state index in [9.17, 15) is 4.39 Å². The predicted octanol–water partition coefficient (Wildman–Crippen LogP) is 3.91. The SMILES string of the molecule is CCC(C)C(C)N[C@H](C)c1cccc(F)c1. The van der Waals surface area contributed by atoms with E-state index < -0.39 is 0 Å². The Morgan fingerprint density at radius 2 is 1.94 bits per heavy atom. The van der Waals surface area contributed by atoms with Crippen LogP contribution in [-0.4, -0.2) is 6.04 Å². The van der Waals surface area contributed by atoms with Crippen LogP contribution < -0.4 is 5.32 Å². The highest BCUT2D eigenvalue weighted by Crippen LogP contribution is 2.16. The van der Waals surface area contributed by atoms with Crippen molar-refractivity contribution in [3.63, 3.8) is 0 Å². The van der Waals surface area contributed by atoms with E-state index in [1.165, 1.54) is 6.07 Å². The van der Waals surface area contributed by atoms with Gasteiger partial charge in [-0.3, -0.25) is 0 Å². The molecule has 0 aliphatic rings. The molecule has 0 fully saturated rings. The molecule has 2 heteroatoms. The number of rotatable bonds is 5. The molecule has 1 aromatic carbocycles. The summed E-state index contributed by atoms with van der Waals surface area (Å²) in [4.78, 5) is 0. The monoisotopic (exact) mass is 223 g/mol. The molecule has 1 rings (SSSR count). The summed E-state index contributed by atoms with van der Waals surface area (Å²) in [7, 11) is 0. The van der Waals surface area contributed by atoms with Crippen molar-refractivity contribution in [1.82, 2.24) is 5.32 Å². The average molecular weight is 223 g/mol. The summed E-state index contributed by atoms with van der Waals surface area (Å²) in [5, 5.41) is 3.51. The number of halogens is 1. The third-order valence-electron chi connectivity index (χ3n) is 3.36. The summed E-state index contributed by atoms with van der Waals surface area (Å²) in [5.74, 6) is 0.471. The zero-order valence-electron chi connectivity index (χ0n) is 10.6. The lowest BCUT2D eigenvalue weighted by Gasteiger charge is -2.24. The van der Waals surface area contributed by atoms with Crippen LogP contribution in [0.5, 0.6) is 0 Å². The fraction of sp³-hybridized carbons (Fsp3) is 0.571. The molecule has 0 saturated carbocycles. The summed E-state index contributed by atoms with van der Waals surface area (Å²) in [5.41, 5.74) is 1.01. The van der Waals surface area contributed by atoms with Crippen molar-refractivity contribution in [3.05, 3.63) is 35.6 Å². The molecular weight excluding hydrogens is 201 g/mol. The van der Waals surface area contributed by atoms with E-state index in [4.69, 9.17) is 0 Å². The molecule has 0 bridgehead atoms. The minimum atomic E-state index is -0.164. The van der Waals surface area contributed by atoms with Crippen LogP contribution in [0.25, 0.3) is 0 Å². The van der Waals surface area contributed by atoms with Gasteiger partial charge in [0.05, 0.1) is 0 Å². The highest BCUT2D eigenvalue weighted by molar-refractivity contribution is 5.19. The smallest absolute Gasteiger partial charge is 0.123 e. The van der Waals surface area contributed by atoms with Crippen molar-refractivity contribution in [1.29, 1.82) is 0 Å². The van der Waals surface area contributed by atoms with Crippen LogP contribution >= 0.6 is 0 Å². The van der Waals surface area contributed by atoms with Crippen LogP contribution in [0.15, 0.2) is 24.3 Å². The van der Waals surface area contributed by atoms with Crippen LogP contribution in [0.1, 0.15) is 45.7 Å². The first-order valence-corrected chi connectivity index (χ1v) is 6.06. The summed E-state index contributed by atoms with van der Waals surface area (Å²) in [6.07, 6.45) is 1.16. The number of benzene rings is 1. The second-order valence-corrected chi connectivity index (χ2v) is 4.62. The minimum Gasteiger partial charge on any atom is -0.307 e. The maximum absolute atomic E-state index is 13.1. The van der Waals surface area contributed by atoms with Gasteiger partial charge in [0.1, 0.15) is 5.82 Å². The van der Waals surface area contributed by atoms with Gasteiger partial charge in [0, 0.05) is 12.1 Å². The quantitative estimate of drug-likeness (QED) is 0.798. The molecule has 0 saturated heterocycles. The molecule has 1 N–H and O–H groups in total. The molecule has 1 nitrogen and oxygen atoms in total. The third-order valence-corrected chi connectivity index (χ3v) is 3.36. The topological polar surface area (TPSA) is 12.0 Å².